The predicted molar refractivity (Wildman–Crippen MR) is 80.0 cm³/mol. The molecule has 0 spiro atoms. The van der Waals surface area contributed by atoms with E-state index in [0.717, 1.165) is 19.6 Å². The Morgan fingerprint density at radius 1 is 1.00 bits per heavy atom. The fourth-order valence-electron chi connectivity index (χ4n) is 1.80. The van der Waals surface area contributed by atoms with E-state index in [9.17, 15) is 0 Å². The van der Waals surface area contributed by atoms with Gasteiger partial charge in [-0.05, 0) is 16.5 Å². The molecule has 0 fully saturated rings. The van der Waals surface area contributed by atoms with Crippen LogP contribution in [0, 0.1) is 0 Å². The van der Waals surface area contributed by atoms with E-state index in [1.807, 2.05) is 0 Å². The standard InChI is InChI=1S/C16H28N2/c1-13(2)18-11-10-17-12-14-6-8-15(9-7-14)16(3,4)5/h6-9,13,17-18H,10-12H2,1-5H3. The molecule has 18 heavy (non-hydrogen) atoms. The molecular weight excluding hydrogens is 220 g/mol. The fraction of sp³-hybridized carbons (Fsp3) is 0.625. The fourth-order valence-corrected chi connectivity index (χ4v) is 1.80. The number of hydrogen-bond acceptors (Lipinski definition) is 2. The zero-order valence-electron chi connectivity index (χ0n) is 12.5. The lowest BCUT2D eigenvalue weighted by Crippen LogP contribution is -2.31. The molecule has 0 aliphatic heterocycles. The molecule has 0 radical (unpaired) electrons. The molecule has 2 N–H and O–H groups in total. The van der Waals surface area contributed by atoms with Crippen LogP contribution >= 0.6 is 0 Å². The van der Waals surface area contributed by atoms with Crippen molar-refractivity contribution in [3.05, 3.63) is 35.4 Å². The largest absolute Gasteiger partial charge is 0.313 e. The minimum atomic E-state index is 0.243. The summed E-state index contributed by atoms with van der Waals surface area (Å²) >= 11 is 0. The van der Waals surface area contributed by atoms with Gasteiger partial charge in [-0.2, -0.15) is 0 Å². The lowest BCUT2D eigenvalue weighted by Gasteiger charge is -2.19. The average Bonchev–Trinajstić information content (AvgIpc) is 2.27. The highest BCUT2D eigenvalue weighted by Gasteiger charge is 2.12. The summed E-state index contributed by atoms with van der Waals surface area (Å²) in [7, 11) is 0. The van der Waals surface area contributed by atoms with Crippen LogP contribution in [-0.4, -0.2) is 19.1 Å². The van der Waals surface area contributed by atoms with Gasteiger partial charge in [0.25, 0.3) is 0 Å². The highest BCUT2D eigenvalue weighted by atomic mass is 15.0. The molecule has 1 aromatic carbocycles. The first kappa shape index (κ1) is 15.2. The Balaban J connectivity index is 2.31. The van der Waals surface area contributed by atoms with E-state index in [2.05, 4.69) is 69.5 Å². The van der Waals surface area contributed by atoms with Gasteiger partial charge in [0.1, 0.15) is 0 Å². The monoisotopic (exact) mass is 248 g/mol. The lowest BCUT2D eigenvalue weighted by atomic mass is 9.87. The summed E-state index contributed by atoms with van der Waals surface area (Å²) in [5.74, 6) is 0. The summed E-state index contributed by atoms with van der Waals surface area (Å²) in [5.41, 5.74) is 2.99. The number of nitrogens with one attached hydrogen (secondary N) is 2. The molecule has 0 saturated carbocycles. The third kappa shape index (κ3) is 5.65. The highest BCUT2D eigenvalue weighted by Crippen LogP contribution is 2.21. The van der Waals surface area contributed by atoms with Crippen LogP contribution in [-0.2, 0) is 12.0 Å². The van der Waals surface area contributed by atoms with Gasteiger partial charge >= 0.3 is 0 Å². The minimum absolute atomic E-state index is 0.243. The Bertz CT molecular complexity index is 333. The van der Waals surface area contributed by atoms with Gasteiger partial charge in [-0.1, -0.05) is 58.9 Å². The number of benzene rings is 1. The van der Waals surface area contributed by atoms with Crippen molar-refractivity contribution in [2.45, 2.75) is 52.6 Å². The van der Waals surface area contributed by atoms with Crippen molar-refractivity contribution in [1.29, 1.82) is 0 Å². The normalized spacial score (nSPS) is 12.1. The van der Waals surface area contributed by atoms with E-state index < -0.39 is 0 Å². The van der Waals surface area contributed by atoms with Gasteiger partial charge < -0.3 is 10.6 Å². The maximum atomic E-state index is 3.45. The third-order valence-electron chi connectivity index (χ3n) is 3.00. The van der Waals surface area contributed by atoms with Crippen molar-refractivity contribution < 1.29 is 0 Å². The maximum Gasteiger partial charge on any atom is 0.0206 e. The van der Waals surface area contributed by atoms with E-state index in [-0.39, 0.29) is 5.41 Å². The first-order valence-corrected chi connectivity index (χ1v) is 6.93. The van der Waals surface area contributed by atoms with Crippen LogP contribution in [0.2, 0.25) is 0 Å². The van der Waals surface area contributed by atoms with Crippen molar-refractivity contribution in [2.75, 3.05) is 13.1 Å². The van der Waals surface area contributed by atoms with Crippen LogP contribution in [0.3, 0.4) is 0 Å². The number of rotatable bonds is 6. The summed E-state index contributed by atoms with van der Waals surface area (Å²) in [6, 6.07) is 9.50. The first-order valence-electron chi connectivity index (χ1n) is 6.93. The second-order valence-electron chi connectivity index (χ2n) is 6.23. The molecule has 0 bridgehead atoms. The van der Waals surface area contributed by atoms with Crippen molar-refractivity contribution in [3.63, 3.8) is 0 Å². The van der Waals surface area contributed by atoms with E-state index in [1.54, 1.807) is 0 Å². The SMILES string of the molecule is CC(C)NCCNCc1ccc(C(C)(C)C)cc1. The molecule has 2 heteroatoms. The molecule has 0 atom stereocenters. The molecule has 0 saturated heterocycles. The van der Waals surface area contributed by atoms with Gasteiger partial charge in [-0.3, -0.25) is 0 Å². The Morgan fingerprint density at radius 2 is 1.61 bits per heavy atom. The van der Waals surface area contributed by atoms with Crippen molar-refractivity contribution in [2.24, 2.45) is 0 Å². The van der Waals surface area contributed by atoms with E-state index >= 15 is 0 Å². The van der Waals surface area contributed by atoms with Crippen LogP contribution in [0.25, 0.3) is 0 Å². The van der Waals surface area contributed by atoms with Crippen LogP contribution < -0.4 is 10.6 Å². The van der Waals surface area contributed by atoms with Crippen LogP contribution in [0.1, 0.15) is 45.7 Å². The molecule has 0 heterocycles. The third-order valence-corrected chi connectivity index (χ3v) is 3.00. The second kappa shape index (κ2) is 6.91. The maximum absolute atomic E-state index is 3.45. The summed E-state index contributed by atoms with van der Waals surface area (Å²) in [4.78, 5) is 0. The molecular formula is C16H28N2. The Kier molecular flexibility index (Phi) is 5.83. The molecule has 2 nitrogen and oxygen atoms in total. The first-order chi connectivity index (χ1) is 8.39. The molecule has 1 aromatic rings. The van der Waals surface area contributed by atoms with Crippen LogP contribution in [0.4, 0.5) is 0 Å². The van der Waals surface area contributed by atoms with Crippen LogP contribution in [0.15, 0.2) is 24.3 Å². The van der Waals surface area contributed by atoms with Crippen molar-refractivity contribution in [3.8, 4) is 0 Å². The molecule has 0 unspecified atom stereocenters. The summed E-state index contributed by atoms with van der Waals surface area (Å²) in [5, 5.41) is 6.85. The quantitative estimate of drug-likeness (QED) is 0.756. The minimum Gasteiger partial charge on any atom is -0.313 e. The number of hydrogen-bond donors (Lipinski definition) is 2. The zero-order chi connectivity index (χ0) is 13.6. The van der Waals surface area contributed by atoms with Gasteiger partial charge in [-0.25, -0.2) is 0 Å². The van der Waals surface area contributed by atoms with E-state index in [1.165, 1.54) is 11.1 Å². The molecule has 0 aliphatic rings. The van der Waals surface area contributed by atoms with E-state index in [0.29, 0.717) is 6.04 Å². The molecule has 0 aromatic heterocycles. The smallest absolute Gasteiger partial charge is 0.0206 e. The topological polar surface area (TPSA) is 24.1 Å². The van der Waals surface area contributed by atoms with Gasteiger partial charge in [-0.15, -0.1) is 0 Å². The molecule has 0 aliphatic carbocycles. The Hall–Kier alpha value is -0.860. The summed E-state index contributed by atoms with van der Waals surface area (Å²) in [6.45, 7) is 14.1. The van der Waals surface area contributed by atoms with Gasteiger partial charge in [0.05, 0.1) is 0 Å². The Labute approximate surface area is 112 Å². The van der Waals surface area contributed by atoms with Crippen LogP contribution in [0.5, 0.6) is 0 Å². The predicted octanol–water partition coefficient (Wildman–Crippen LogP) is 3.07. The van der Waals surface area contributed by atoms with Gasteiger partial charge in [0, 0.05) is 25.7 Å². The summed E-state index contributed by atoms with van der Waals surface area (Å²) < 4.78 is 0. The highest BCUT2D eigenvalue weighted by molar-refractivity contribution is 5.27. The van der Waals surface area contributed by atoms with Crippen molar-refractivity contribution >= 4 is 0 Å². The summed E-state index contributed by atoms with van der Waals surface area (Å²) in [6.07, 6.45) is 0. The molecule has 1 rings (SSSR count). The zero-order valence-corrected chi connectivity index (χ0v) is 12.5. The van der Waals surface area contributed by atoms with E-state index in [4.69, 9.17) is 0 Å². The van der Waals surface area contributed by atoms with Gasteiger partial charge in [0.15, 0.2) is 0 Å². The van der Waals surface area contributed by atoms with Gasteiger partial charge in [0.2, 0.25) is 0 Å². The van der Waals surface area contributed by atoms with Crippen molar-refractivity contribution in [1.82, 2.24) is 10.6 Å². The molecule has 0 amide bonds. The lowest BCUT2D eigenvalue weighted by molar-refractivity contribution is 0.555. The molecule has 102 valence electrons. The Morgan fingerprint density at radius 3 is 2.11 bits per heavy atom. The second-order valence-corrected chi connectivity index (χ2v) is 6.23. The average molecular weight is 248 g/mol.